The van der Waals surface area contributed by atoms with Crippen LogP contribution in [0.5, 0.6) is 0 Å². The van der Waals surface area contributed by atoms with E-state index in [1.807, 2.05) is 18.9 Å². The minimum absolute atomic E-state index is 0.719. The molecule has 1 N–H and O–H groups in total. The second kappa shape index (κ2) is 7.81. The van der Waals surface area contributed by atoms with Crippen molar-refractivity contribution in [3.05, 3.63) is 36.4 Å². The average molecular weight is 277 g/mol. The van der Waals surface area contributed by atoms with Gasteiger partial charge in [0.05, 0.1) is 37.2 Å². The van der Waals surface area contributed by atoms with Crippen LogP contribution in [-0.2, 0) is 24.4 Å². The molecule has 0 fully saturated rings. The molecular weight excluding hydrogens is 254 g/mol. The maximum Gasteiger partial charge on any atom is 0.0953 e. The molecule has 2 aromatic rings. The van der Waals surface area contributed by atoms with Crippen LogP contribution in [0.4, 0.5) is 0 Å². The molecular formula is C14H23N5O. The molecule has 0 bridgehead atoms. The minimum atomic E-state index is 0.719. The van der Waals surface area contributed by atoms with E-state index in [1.54, 1.807) is 7.11 Å². The lowest BCUT2D eigenvalue weighted by atomic mass is 10.4. The average Bonchev–Trinajstić information content (AvgIpc) is 3.06. The number of aryl methyl sites for hydroxylation is 1. The van der Waals surface area contributed by atoms with Crippen LogP contribution in [0.3, 0.4) is 0 Å². The summed E-state index contributed by atoms with van der Waals surface area (Å²) in [5.74, 6) is 0. The Bertz CT molecular complexity index is 505. The molecule has 0 amide bonds. The van der Waals surface area contributed by atoms with E-state index in [4.69, 9.17) is 4.74 Å². The Kier molecular flexibility index (Phi) is 5.76. The van der Waals surface area contributed by atoms with Crippen LogP contribution >= 0.6 is 0 Å². The molecule has 110 valence electrons. The van der Waals surface area contributed by atoms with Crippen LogP contribution in [0.1, 0.15) is 24.7 Å². The highest BCUT2D eigenvalue weighted by atomic mass is 16.5. The fourth-order valence-corrected chi connectivity index (χ4v) is 2.08. The summed E-state index contributed by atoms with van der Waals surface area (Å²) in [6.07, 6.45) is 8.87. The number of methoxy groups -OCH3 is 1. The van der Waals surface area contributed by atoms with Crippen molar-refractivity contribution in [3.8, 4) is 0 Å². The van der Waals surface area contributed by atoms with Gasteiger partial charge in [-0.3, -0.25) is 0 Å². The summed E-state index contributed by atoms with van der Waals surface area (Å²) in [6.45, 7) is 6.32. The molecule has 0 saturated heterocycles. The zero-order valence-electron chi connectivity index (χ0n) is 12.2. The Morgan fingerprint density at radius 3 is 3.05 bits per heavy atom. The van der Waals surface area contributed by atoms with Crippen LogP contribution in [0, 0.1) is 0 Å². The molecule has 2 rings (SSSR count). The van der Waals surface area contributed by atoms with Gasteiger partial charge in [0.15, 0.2) is 0 Å². The SMILES string of the molecule is CCCn1cncc1Cn1cnc(CNCCOC)c1. The van der Waals surface area contributed by atoms with Gasteiger partial charge in [-0.05, 0) is 6.42 Å². The van der Waals surface area contributed by atoms with Crippen LogP contribution in [0.15, 0.2) is 25.0 Å². The Morgan fingerprint density at radius 2 is 2.25 bits per heavy atom. The van der Waals surface area contributed by atoms with Gasteiger partial charge in [0.1, 0.15) is 0 Å². The summed E-state index contributed by atoms with van der Waals surface area (Å²) >= 11 is 0. The fourth-order valence-electron chi connectivity index (χ4n) is 2.08. The molecule has 0 aliphatic carbocycles. The highest BCUT2D eigenvalue weighted by Crippen LogP contribution is 2.05. The van der Waals surface area contributed by atoms with Gasteiger partial charge in [-0.25, -0.2) is 9.97 Å². The minimum Gasteiger partial charge on any atom is -0.383 e. The lowest BCUT2D eigenvalue weighted by Gasteiger charge is -2.06. The van der Waals surface area contributed by atoms with E-state index in [0.717, 1.165) is 44.9 Å². The second-order valence-corrected chi connectivity index (χ2v) is 4.79. The first kappa shape index (κ1) is 14.7. The first-order valence-corrected chi connectivity index (χ1v) is 7.02. The number of nitrogens with one attached hydrogen (secondary N) is 1. The number of imidazole rings is 2. The molecule has 2 heterocycles. The van der Waals surface area contributed by atoms with Gasteiger partial charge in [0, 0.05) is 39.1 Å². The Hall–Kier alpha value is -1.66. The summed E-state index contributed by atoms with van der Waals surface area (Å²) in [6, 6.07) is 0. The molecule has 2 aromatic heterocycles. The molecule has 0 saturated carbocycles. The van der Waals surface area contributed by atoms with E-state index in [2.05, 4.69) is 37.5 Å². The van der Waals surface area contributed by atoms with Crippen LogP contribution in [-0.4, -0.2) is 39.4 Å². The van der Waals surface area contributed by atoms with Gasteiger partial charge in [-0.1, -0.05) is 6.92 Å². The van der Waals surface area contributed by atoms with Gasteiger partial charge < -0.3 is 19.2 Å². The molecule has 6 heteroatoms. The van der Waals surface area contributed by atoms with Crippen molar-refractivity contribution >= 4 is 0 Å². The topological polar surface area (TPSA) is 56.9 Å². The van der Waals surface area contributed by atoms with Crippen molar-refractivity contribution in [2.75, 3.05) is 20.3 Å². The van der Waals surface area contributed by atoms with Crippen molar-refractivity contribution < 1.29 is 4.74 Å². The standard InChI is InChI=1S/C14H23N5O/c1-3-5-19-11-16-8-14(19)10-18-9-13(17-12-18)7-15-4-6-20-2/h8-9,11-12,15H,3-7,10H2,1-2H3. The van der Waals surface area contributed by atoms with E-state index < -0.39 is 0 Å². The summed E-state index contributed by atoms with van der Waals surface area (Å²) in [5, 5.41) is 3.29. The Balaban J connectivity index is 1.87. The fraction of sp³-hybridized carbons (Fsp3) is 0.571. The normalized spacial score (nSPS) is 11.1. The quantitative estimate of drug-likeness (QED) is 0.701. The highest BCUT2D eigenvalue weighted by Gasteiger charge is 2.04. The molecule has 6 nitrogen and oxygen atoms in total. The van der Waals surface area contributed by atoms with Crippen molar-refractivity contribution in [1.29, 1.82) is 0 Å². The van der Waals surface area contributed by atoms with E-state index in [0.29, 0.717) is 0 Å². The van der Waals surface area contributed by atoms with Crippen LogP contribution in [0.25, 0.3) is 0 Å². The lowest BCUT2D eigenvalue weighted by molar-refractivity contribution is 0.199. The highest BCUT2D eigenvalue weighted by molar-refractivity contribution is 5.03. The predicted molar refractivity (Wildman–Crippen MR) is 77.4 cm³/mol. The first-order valence-electron chi connectivity index (χ1n) is 7.02. The van der Waals surface area contributed by atoms with Gasteiger partial charge in [-0.2, -0.15) is 0 Å². The maximum atomic E-state index is 4.99. The number of ether oxygens (including phenoxy) is 1. The number of hydrogen-bond donors (Lipinski definition) is 1. The zero-order chi connectivity index (χ0) is 14.2. The van der Waals surface area contributed by atoms with Crippen molar-refractivity contribution in [2.24, 2.45) is 0 Å². The van der Waals surface area contributed by atoms with Crippen LogP contribution in [0.2, 0.25) is 0 Å². The number of hydrogen-bond acceptors (Lipinski definition) is 4. The molecule has 0 radical (unpaired) electrons. The van der Waals surface area contributed by atoms with Crippen molar-refractivity contribution in [1.82, 2.24) is 24.4 Å². The molecule has 0 unspecified atom stereocenters. The zero-order valence-corrected chi connectivity index (χ0v) is 12.2. The number of aromatic nitrogens is 4. The molecule has 0 aromatic carbocycles. The molecule has 0 spiro atoms. The summed E-state index contributed by atoms with van der Waals surface area (Å²) in [5.41, 5.74) is 2.26. The smallest absolute Gasteiger partial charge is 0.0953 e. The summed E-state index contributed by atoms with van der Waals surface area (Å²) in [4.78, 5) is 8.62. The monoisotopic (exact) mass is 277 g/mol. The second-order valence-electron chi connectivity index (χ2n) is 4.79. The van der Waals surface area contributed by atoms with Gasteiger partial charge in [0.2, 0.25) is 0 Å². The number of rotatable bonds is 9. The van der Waals surface area contributed by atoms with E-state index in [9.17, 15) is 0 Å². The molecule has 0 atom stereocenters. The third-order valence-corrected chi connectivity index (χ3v) is 3.08. The van der Waals surface area contributed by atoms with Gasteiger partial charge >= 0.3 is 0 Å². The Labute approximate surface area is 119 Å². The molecule has 0 aliphatic rings. The van der Waals surface area contributed by atoms with E-state index in [1.165, 1.54) is 5.69 Å². The molecule has 0 aliphatic heterocycles. The Morgan fingerprint density at radius 1 is 1.35 bits per heavy atom. The summed E-state index contributed by atoms with van der Waals surface area (Å²) in [7, 11) is 1.70. The van der Waals surface area contributed by atoms with E-state index >= 15 is 0 Å². The maximum absolute atomic E-state index is 4.99. The summed E-state index contributed by atoms with van der Waals surface area (Å²) < 4.78 is 9.28. The largest absolute Gasteiger partial charge is 0.383 e. The van der Waals surface area contributed by atoms with E-state index in [-0.39, 0.29) is 0 Å². The molecule has 20 heavy (non-hydrogen) atoms. The van der Waals surface area contributed by atoms with Crippen LogP contribution < -0.4 is 5.32 Å². The number of nitrogens with zero attached hydrogens (tertiary/aromatic N) is 4. The third-order valence-electron chi connectivity index (χ3n) is 3.08. The third kappa shape index (κ3) is 4.18. The van der Waals surface area contributed by atoms with Gasteiger partial charge in [-0.15, -0.1) is 0 Å². The lowest BCUT2D eigenvalue weighted by Crippen LogP contribution is -2.18. The van der Waals surface area contributed by atoms with Crippen molar-refractivity contribution in [2.45, 2.75) is 33.0 Å². The van der Waals surface area contributed by atoms with Gasteiger partial charge in [0.25, 0.3) is 0 Å². The van der Waals surface area contributed by atoms with Crippen molar-refractivity contribution in [3.63, 3.8) is 0 Å². The predicted octanol–water partition coefficient (Wildman–Crippen LogP) is 1.27. The first-order chi connectivity index (χ1) is 9.83.